The lowest BCUT2D eigenvalue weighted by Gasteiger charge is -2.22. The minimum atomic E-state index is 0.0161. The van der Waals surface area contributed by atoms with E-state index in [1.54, 1.807) is 0 Å². The summed E-state index contributed by atoms with van der Waals surface area (Å²) in [4.78, 5) is 11.9. The number of rotatable bonds is 5. The molecule has 0 aromatic carbocycles. The Morgan fingerprint density at radius 3 is 3.00 bits per heavy atom. The van der Waals surface area contributed by atoms with Gasteiger partial charge in [0.05, 0.1) is 11.7 Å². The van der Waals surface area contributed by atoms with Crippen molar-refractivity contribution in [1.82, 2.24) is 20.4 Å². The molecule has 2 heterocycles. The van der Waals surface area contributed by atoms with Gasteiger partial charge >= 0.3 is 0 Å². The molecule has 1 saturated heterocycles. The van der Waals surface area contributed by atoms with Gasteiger partial charge in [-0.05, 0) is 45.7 Å². The van der Waals surface area contributed by atoms with Crippen molar-refractivity contribution in [2.24, 2.45) is 0 Å². The average Bonchev–Trinajstić information content (AvgIpc) is 2.74. The molecule has 106 valence electrons. The fraction of sp³-hybridized carbons (Fsp3) is 0.714. The van der Waals surface area contributed by atoms with Crippen LogP contribution in [0.2, 0.25) is 0 Å². The van der Waals surface area contributed by atoms with Crippen LogP contribution in [0.15, 0.2) is 6.07 Å². The summed E-state index contributed by atoms with van der Waals surface area (Å²) in [6.07, 6.45) is 4.21. The largest absolute Gasteiger partial charge is 0.355 e. The highest BCUT2D eigenvalue weighted by molar-refractivity contribution is 5.81. The summed E-state index contributed by atoms with van der Waals surface area (Å²) in [5, 5.41) is 10.7. The second-order valence-corrected chi connectivity index (χ2v) is 5.30. The third-order valence-corrected chi connectivity index (χ3v) is 3.58. The number of carbonyl (C=O) groups excluding carboxylic acids is 1. The first-order valence-corrected chi connectivity index (χ1v) is 7.19. The number of nitrogens with zero attached hydrogens (tertiary/aromatic N) is 2. The van der Waals surface area contributed by atoms with Crippen LogP contribution >= 0.6 is 0 Å². The predicted molar refractivity (Wildman–Crippen MR) is 75.0 cm³/mol. The molecule has 2 N–H and O–H groups in total. The van der Waals surface area contributed by atoms with Gasteiger partial charge < -0.3 is 10.6 Å². The van der Waals surface area contributed by atoms with Crippen LogP contribution in [0.3, 0.4) is 0 Å². The molecule has 1 aromatic rings. The summed E-state index contributed by atoms with van der Waals surface area (Å²) in [6, 6.07) is 2.09. The number of aromatic nitrogens is 2. The van der Waals surface area contributed by atoms with Gasteiger partial charge in [0.15, 0.2) is 0 Å². The van der Waals surface area contributed by atoms with Crippen LogP contribution in [0, 0.1) is 13.8 Å². The highest BCUT2D eigenvalue weighted by Gasteiger charge is 2.19. The third kappa shape index (κ3) is 4.06. The molecule has 1 aromatic heterocycles. The Morgan fingerprint density at radius 2 is 2.37 bits per heavy atom. The molecule has 19 heavy (non-hydrogen) atoms. The quantitative estimate of drug-likeness (QED) is 0.784. The maximum absolute atomic E-state index is 11.9. The Bertz CT molecular complexity index is 421. The molecule has 0 bridgehead atoms. The Balaban J connectivity index is 1.66. The van der Waals surface area contributed by atoms with Crippen LogP contribution < -0.4 is 10.6 Å². The van der Waals surface area contributed by atoms with Gasteiger partial charge in [-0.25, -0.2) is 0 Å². The number of aryl methyl sites for hydroxylation is 3. The van der Waals surface area contributed by atoms with Crippen molar-refractivity contribution in [2.75, 3.05) is 13.1 Å². The van der Waals surface area contributed by atoms with Crippen LogP contribution in [0.4, 0.5) is 0 Å². The second kappa shape index (κ2) is 6.70. The van der Waals surface area contributed by atoms with Crippen LogP contribution in [-0.4, -0.2) is 34.8 Å². The number of amides is 1. The van der Waals surface area contributed by atoms with Gasteiger partial charge in [0, 0.05) is 18.8 Å². The molecular formula is C14H24N4O. The Labute approximate surface area is 114 Å². The van der Waals surface area contributed by atoms with Gasteiger partial charge in [-0.3, -0.25) is 9.48 Å². The number of piperidine rings is 1. The van der Waals surface area contributed by atoms with E-state index in [1.807, 2.05) is 11.6 Å². The smallest absolute Gasteiger partial charge is 0.237 e. The van der Waals surface area contributed by atoms with Gasteiger partial charge in [0.1, 0.15) is 0 Å². The summed E-state index contributed by atoms with van der Waals surface area (Å²) in [5.74, 6) is 0.146. The molecule has 5 heteroatoms. The molecule has 1 amide bonds. The first-order chi connectivity index (χ1) is 9.16. The van der Waals surface area contributed by atoms with E-state index in [0.29, 0.717) is 0 Å². The van der Waals surface area contributed by atoms with Gasteiger partial charge in [-0.2, -0.15) is 5.10 Å². The molecule has 1 aliphatic rings. The third-order valence-electron chi connectivity index (χ3n) is 3.58. The monoisotopic (exact) mass is 264 g/mol. The van der Waals surface area contributed by atoms with E-state index in [4.69, 9.17) is 0 Å². The molecule has 0 radical (unpaired) electrons. The normalized spacial score (nSPS) is 19.4. The first kappa shape index (κ1) is 14.1. The summed E-state index contributed by atoms with van der Waals surface area (Å²) in [5.41, 5.74) is 2.23. The van der Waals surface area contributed by atoms with Gasteiger partial charge in [0.25, 0.3) is 0 Å². The van der Waals surface area contributed by atoms with Crippen LogP contribution in [0.1, 0.15) is 37.1 Å². The number of hydrogen-bond donors (Lipinski definition) is 2. The van der Waals surface area contributed by atoms with Crippen molar-refractivity contribution in [3.05, 3.63) is 17.5 Å². The fourth-order valence-corrected chi connectivity index (χ4v) is 2.54. The van der Waals surface area contributed by atoms with Gasteiger partial charge in [-0.15, -0.1) is 0 Å². The second-order valence-electron chi connectivity index (χ2n) is 5.30. The lowest BCUT2D eigenvalue weighted by atomic mass is 10.0. The van der Waals surface area contributed by atoms with E-state index in [1.165, 1.54) is 12.1 Å². The molecule has 0 spiro atoms. The maximum Gasteiger partial charge on any atom is 0.237 e. The molecular weight excluding hydrogens is 240 g/mol. The molecule has 0 aliphatic carbocycles. The minimum Gasteiger partial charge on any atom is -0.355 e. The van der Waals surface area contributed by atoms with Crippen LogP contribution in [-0.2, 0) is 11.3 Å². The Hall–Kier alpha value is -1.36. The van der Waals surface area contributed by atoms with Crippen molar-refractivity contribution in [1.29, 1.82) is 0 Å². The molecule has 1 aliphatic heterocycles. The van der Waals surface area contributed by atoms with E-state index in [0.717, 1.165) is 44.6 Å². The Kier molecular flexibility index (Phi) is 4.96. The van der Waals surface area contributed by atoms with Gasteiger partial charge in [0.2, 0.25) is 5.91 Å². The molecule has 5 nitrogen and oxygen atoms in total. The molecule has 1 atom stereocenters. The standard InChI is InChI=1S/C14H24N4O/c1-11-10-12(2)18(17-11)9-5-8-16-14(19)13-6-3-4-7-15-13/h10,13,15H,3-9H2,1-2H3,(H,16,19). The molecule has 2 rings (SSSR count). The average molecular weight is 264 g/mol. The van der Waals surface area contributed by atoms with E-state index in [2.05, 4.69) is 28.7 Å². The van der Waals surface area contributed by atoms with Crippen molar-refractivity contribution >= 4 is 5.91 Å². The Morgan fingerprint density at radius 1 is 1.53 bits per heavy atom. The number of carbonyl (C=O) groups is 1. The summed E-state index contributed by atoms with van der Waals surface area (Å²) in [6.45, 7) is 6.60. The van der Waals surface area contributed by atoms with E-state index in [-0.39, 0.29) is 11.9 Å². The van der Waals surface area contributed by atoms with E-state index in [9.17, 15) is 4.79 Å². The molecule has 1 fully saturated rings. The highest BCUT2D eigenvalue weighted by atomic mass is 16.2. The zero-order valence-corrected chi connectivity index (χ0v) is 11.9. The van der Waals surface area contributed by atoms with Crippen LogP contribution in [0.5, 0.6) is 0 Å². The summed E-state index contributed by atoms with van der Waals surface area (Å²) in [7, 11) is 0. The van der Waals surface area contributed by atoms with Gasteiger partial charge in [-0.1, -0.05) is 6.42 Å². The van der Waals surface area contributed by atoms with Crippen LogP contribution in [0.25, 0.3) is 0 Å². The lowest BCUT2D eigenvalue weighted by molar-refractivity contribution is -0.123. The van der Waals surface area contributed by atoms with E-state index < -0.39 is 0 Å². The maximum atomic E-state index is 11.9. The van der Waals surface area contributed by atoms with Crippen molar-refractivity contribution < 1.29 is 4.79 Å². The highest BCUT2D eigenvalue weighted by Crippen LogP contribution is 2.07. The molecule has 1 unspecified atom stereocenters. The van der Waals surface area contributed by atoms with Crippen molar-refractivity contribution in [2.45, 2.75) is 52.1 Å². The number of hydrogen-bond acceptors (Lipinski definition) is 3. The number of nitrogens with one attached hydrogen (secondary N) is 2. The zero-order chi connectivity index (χ0) is 13.7. The van der Waals surface area contributed by atoms with Crippen molar-refractivity contribution in [3.63, 3.8) is 0 Å². The topological polar surface area (TPSA) is 59.0 Å². The predicted octanol–water partition coefficient (Wildman–Crippen LogP) is 1.15. The fourth-order valence-electron chi connectivity index (χ4n) is 2.54. The zero-order valence-electron chi connectivity index (χ0n) is 11.9. The molecule has 0 saturated carbocycles. The summed E-state index contributed by atoms with van der Waals surface area (Å²) >= 11 is 0. The van der Waals surface area contributed by atoms with Crippen molar-refractivity contribution in [3.8, 4) is 0 Å². The summed E-state index contributed by atoms with van der Waals surface area (Å²) < 4.78 is 2.00. The first-order valence-electron chi connectivity index (χ1n) is 7.19. The van der Waals surface area contributed by atoms with E-state index >= 15 is 0 Å². The SMILES string of the molecule is Cc1cc(C)n(CCCNC(=O)C2CCCCN2)n1. The lowest BCUT2D eigenvalue weighted by Crippen LogP contribution is -2.46. The minimum absolute atomic E-state index is 0.0161.